The summed E-state index contributed by atoms with van der Waals surface area (Å²) in [6.07, 6.45) is -0.902. The molecular weight excluding hydrogens is 380 g/mol. The molecule has 2 bridgehead atoms. The third kappa shape index (κ3) is 3.21. The lowest BCUT2D eigenvalue weighted by Crippen LogP contribution is -2.56. The fourth-order valence-electron chi connectivity index (χ4n) is 4.74. The van der Waals surface area contributed by atoms with Crippen LogP contribution in [0, 0.1) is 11.3 Å². The molecule has 30 heavy (non-hydrogen) atoms. The summed E-state index contributed by atoms with van der Waals surface area (Å²) in [5.41, 5.74) is 2.14. The number of benzene rings is 2. The Kier molecular flexibility index (Phi) is 5.37. The van der Waals surface area contributed by atoms with Crippen molar-refractivity contribution in [2.45, 2.75) is 52.1 Å². The number of hydrogen-bond acceptors (Lipinski definition) is 5. The zero-order valence-electron chi connectivity index (χ0n) is 18.5. The Morgan fingerprint density at radius 3 is 2.13 bits per heavy atom. The molecule has 1 unspecified atom stereocenters. The van der Waals surface area contributed by atoms with Crippen molar-refractivity contribution in [2.24, 2.45) is 11.3 Å². The number of ether oxygens (including phenoxy) is 4. The summed E-state index contributed by atoms with van der Waals surface area (Å²) in [6, 6.07) is 13.3. The topological polar surface area (TPSA) is 54.0 Å². The Bertz CT molecular complexity index is 934. The Morgan fingerprint density at radius 1 is 0.967 bits per heavy atom. The van der Waals surface area contributed by atoms with Crippen molar-refractivity contribution in [2.75, 3.05) is 14.2 Å². The van der Waals surface area contributed by atoms with Gasteiger partial charge in [0.15, 0.2) is 23.6 Å². The Balaban J connectivity index is 1.94. The van der Waals surface area contributed by atoms with Crippen molar-refractivity contribution >= 4 is 5.78 Å². The zero-order chi connectivity index (χ0) is 21.6. The number of hydrogen-bond donors (Lipinski definition) is 0. The van der Waals surface area contributed by atoms with Gasteiger partial charge in [-0.3, -0.25) is 4.79 Å². The van der Waals surface area contributed by atoms with Gasteiger partial charge in [-0.25, -0.2) is 0 Å². The van der Waals surface area contributed by atoms with Crippen molar-refractivity contribution in [1.82, 2.24) is 0 Å². The highest BCUT2D eigenvalue weighted by Crippen LogP contribution is 2.58. The molecule has 0 spiro atoms. The number of ketones is 1. The molecule has 2 aliphatic rings. The Labute approximate surface area is 178 Å². The fourth-order valence-corrected chi connectivity index (χ4v) is 4.74. The standard InChI is InChI=1S/C25H30O5/c1-14(2)24-29-22-17-13-19(28-6)18(27-5)12-16(17)20(23(30-24)25(22,3)4)21(26)15-10-8-7-9-11-15/h7-14,20,22-24H,1-6H3/t20-,22+,23-,24?/m0/s1. The van der Waals surface area contributed by atoms with Gasteiger partial charge in [-0.1, -0.05) is 58.0 Å². The van der Waals surface area contributed by atoms with E-state index < -0.39 is 11.3 Å². The van der Waals surface area contributed by atoms with E-state index in [2.05, 4.69) is 27.7 Å². The monoisotopic (exact) mass is 410 g/mol. The maximum Gasteiger partial charge on any atom is 0.172 e. The minimum Gasteiger partial charge on any atom is -0.493 e. The van der Waals surface area contributed by atoms with E-state index in [4.69, 9.17) is 18.9 Å². The molecule has 5 heteroatoms. The largest absolute Gasteiger partial charge is 0.493 e. The van der Waals surface area contributed by atoms with E-state index >= 15 is 0 Å². The SMILES string of the molecule is COc1cc2c(cc1OC)[C@H]1OC(C(C)C)O[C@@H]([C@@H]2C(=O)c2ccccc2)C1(C)C. The van der Waals surface area contributed by atoms with Crippen LogP contribution in [0.5, 0.6) is 11.5 Å². The molecule has 0 radical (unpaired) electrons. The average molecular weight is 411 g/mol. The molecule has 160 valence electrons. The summed E-state index contributed by atoms with van der Waals surface area (Å²) in [7, 11) is 3.23. The molecule has 1 saturated heterocycles. The quantitative estimate of drug-likeness (QED) is 0.638. The molecule has 1 heterocycles. The summed E-state index contributed by atoms with van der Waals surface area (Å²) >= 11 is 0. The van der Waals surface area contributed by atoms with E-state index in [-0.39, 0.29) is 30.2 Å². The van der Waals surface area contributed by atoms with E-state index in [1.165, 1.54) is 0 Å². The van der Waals surface area contributed by atoms with Crippen LogP contribution in [0.2, 0.25) is 0 Å². The molecule has 0 N–H and O–H groups in total. The van der Waals surface area contributed by atoms with Crippen LogP contribution < -0.4 is 9.47 Å². The molecule has 2 aromatic rings. The molecule has 4 atom stereocenters. The normalized spacial score (nSPS) is 26.8. The molecular formula is C25H30O5. The van der Waals surface area contributed by atoms with Gasteiger partial charge in [0.2, 0.25) is 0 Å². The third-order valence-electron chi connectivity index (χ3n) is 6.35. The molecule has 2 aromatic carbocycles. The van der Waals surface area contributed by atoms with Gasteiger partial charge in [0.05, 0.1) is 32.3 Å². The Hall–Kier alpha value is -2.37. The summed E-state index contributed by atoms with van der Waals surface area (Å²) in [4.78, 5) is 13.8. The van der Waals surface area contributed by atoms with Crippen molar-refractivity contribution in [1.29, 1.82) is 0 Å². The van der Waals surface area contributed by atoms with Crippen LogP contribution in [-0.4, -0.2) is 32.4 Å². The van der Waals surface area contributed by atoms with Crippen molar-refractivity contribution in [3.63, 3.8) is 0 Å². The highest BCUT2D eigenvalue weighted by molar-refractivity contribution is 6.02. The molecule has 0 amide bonds. The van der Waals surface area contributed by atoms with Gasteiger partial charge in [0.25, 0.3) is 0 Å². The van der Waals surface area contributed by atoms with Crippen LogP contribution in [0.15, 0.2) is 42.5 Å². The smallest absolute Gasteiger partial charge is 0.172 e. The molecule has 1 fully saturated rings. The molecule has 5 nitrogen and oxygen atoms in total. The van der Waals surface area contributed by atoms with Crippen LogP contribution in [0.25, 0.3) is 0 Å². The first-order chi connectivity index (χ1) is 14.3. The number of methoxy groups -OCH3 is 2. The highest BCUT2D eigenvalue weighted by atomic mass is 16.7. The number of carbonyl (C=O) groups excluding carboxylic acids is 1. The molecule has 0 saturated carbocycles. The number of rotatable bonds is 5. The van der Waals surface area contributed by atoms with E-state index in [1.807, 2.05) is 42.5 Å². The van der Waals surface area contributed by atoms with Gasteiger partial charge in [-0.15, -0.1) is 0 Å². The predicted molar refractivity (Wildman–Crippen MR) is 114 cm³/mol. The van der Waals surface area contributed by atoms with Crippen LogP contribution in [0.1, 0.15) is 61.2 Å². The second-order valence-electron chi connectivity index (χ2n) is 9.05. The third-order valence-corrected chi connectivity index (χ3v) is 6.35. The van der Waals surface area contributed by atoms with E-state index in [9.17, 15) is 4.79 Å². The minimum absolute atomic E-state index is 0.0463. The Morgan fingerprint density at radius 2 is 1.57 bits per heavy atom. The van der Waals surface area contributed by atoms with Crippen LogP contribution >= 0.6 is 0 Å². The summed E-state index contributed by atoms with van der Waals surface area (Å²) < 4.78 is 24.0. The van der Waals surface area contributed by atoms with E-state index in [0.29, 0.717) is 17.1 Å². The summed E-state index contributed by atoms with van der Waals surface area (Å²) in [6.45, 7) is 8.37. The van der Waals surface area contributed by atoms with Crippen molar-refractivity contribution in [3.8, 4) is 11.5 Å². The van der Waals surface area contributed by atoms with Gasteiger partial charge in [-0.05, 0) is 23.3 Å². The van der Waals surface area contributed by atoms with Gasteiger partial charge in [0, 0.05) is 16.9 Å². The first kappa shape index (κ1) is 20.9. The summed E-state index contributed by atoms with van der Waals surface area (Å²) in [5, 5.41) is 0. The second-order valence-corrected chi connectivity index (χ2v) is 9.05. The zero-order valence-corrected chi connectivity index (χ0v) is 18.5. The van der Waals surface area contributed by atoms with Gasteiger partial charge in [-0.2, -0.15) is 0 Å². The van der Waals surface area contributed by atoms with Gasteiger partial charge >= 0.3 is 0 Å². The van der Waals surface area contributed by atoms with Crippen LogP contribution in [0.4, 0.5) is 0 Å². The summed E-state index contributed by atoms with van der Waals surface area (Å²) in [5.74, 6) is 0.983. The van der Waals surface area contributed by atoms with Crippen molar-refractivity contribution in [3.05, 3.63) is 59.2 Å². The maximum atomic E-state index is 13.8. The van der Waals surface area contributed by atoms with Crippen molar-refractivity contribution < 1.29 is 23.7 Å². The second kappa shape index (κ2) is 7.71. The highest BCUT2D eigenvalue weighted by Gasteiger charge is 2.57. The lowest BCUT2D eigenvalue weighted by atomic mass is 9.62. The van der Waals surface area contributed by atoms with E-state index in [0.717, 1.165) is 11.1 Å². The number of carbonyl (C=O) groups is 1. The van der Waals surface area contributed by atoms with Crippen LogP contribution in [-0.2, 0) is 9.47 Å². The number of Topliss-reactive ketones (excluding diaryl/α,β-unsaturated/α-hetero) is 1. The van der Waals surface area contributed by atoms with Gasteiger partial charge in [0.1, 0.15) is 0 Å². The number of fused-ring (bicyclic) bond motifs is 4. The minimum atomic E-state index is -0.460. The molecule has 0 aromatic heterocycles. The molecule has 1 aliphatic carbocycles. The fraction of sp³-hybridized carbons (Fsp3) is 0.480. The molecule has 4 rings (SSSR count). The maximum absolute atomic E-state index is 13.8. The predicted octanol–water partition coefficient (Wildman–Crippen LogP) is 5.15. The lowest BCUT2D eigenvalue weighted by Gasteiger charge is -2.55. The van der Waals surface area contributed by atoms with Crippen LogP contribution in [0.3, 0.4) is 0 Å². The van der Waals surface area contributed by atoms with Gasteiger partial charge < -0.3 is 18.9 Å². The first-order valence-electron chi connectivity index (χ1n) is 10.5. The van der Waals surface area contributed by atoms with E-state index in [1.54, 1.807) is 14.2 Å². The average Bonchev–Trinajstić information content (AvgIpc) is 2.73. The first-order valence-corrected chi connectivity index (χ1v) is 10.5. The molecule has 1 aliphatic heterocycles. The lowest BCUT2D eigenvalue weighted by molar-refractivity contribution is -0.316.